The molecule has 0 radical (unpaired) electrons. The van der Waals surface area contributed by atoms with Crippen LogP contribution in [0.4, 0.5) is 0 Å². The average Bonchev–Trinajstić information content (AvgIpc) is 2.85. The third-order valence-corrected chi connectivity index (χ3v) is 6.91. The highest BCUT2D eigenvalue weighted by atomic mass is 32.1. The molecule has 2 aromatic rings. The van der Waals surface area contributed by atoms with E-state index in [1.807, 2.05) is 11.3 Å². The monoisotopic (exact) mass is 342 g/mol. The lowest BCUT2D eigenvalue weighted by Crippen LogP contribution is -2.48. The fourth-order valence-corrected chi connectivity index (χ4v) is 5.49. The Morgan fingerprint density at radius 3 is 2.67 bits per heavy atom. The molecule has 1 atom stereocenters. The van der Waals surface area contributed by atoms with E-state index in [0.29, 0.717) is 0 Å². The first-order chi connectivity index (χ1) is 11.9. The zero-order valence-corrected chi connectivity index (χ0v) is 15.6. The van der Waals surface area contributed by atoms with Gasteiger partial charge in [0.25, 0.3) is 0 Å². The van der Waals surface area contributed by atoms with E-state index >= 15 is 0 Å². The van der Waals surface area contributed by atoms with Crippen LogP contribution in [-0.4, -0.2) is 48.6 Å². The second kappa shape index (κ2) is 7.99. The number of fused-ring (bicyclic) bond motifs is 1. The normalized spacial score (nSPS) is 24.2. The van der Waals surface area contributed by atoms with Crippen LogP contribution in [0.1, 0.15) is 44.1 Å². The highest BCUT2D eigenvalue weighted by Gasteiger charge is 2.25. The molecule has 0 N–H and O–H groups in total. The van der Waals surface area contributed by atoms with E-state index < -0.39 is 0 Å². The maximum Gasteiger partial charge on any atom is 0.0345 e. The highest BCUT2D eigenvalue weighted by Crippen LogP contribution is 2.26. The first kappa shape index (κ1) is 16.6. The molecule has 1 unspecified atom stereocenters. The van der Waals surface area contributed by atoms with Crippen molar-refractivity contribution >= 4 is 21.4 Å². The maximum atomic E-state index is 2.80. The summed E-state index contributed by atoms with van der Waals surface area (Å²) in [6, 6.07) is 9.68. The minimum atomic E-state index is 0.816. The summed E-state index contributed by atoms with van der Waals surface area (Å²) in [5.74, 6) is 0. The van der Waals surface area contributed by atoms with Crippen LogP contribution in [0.3, 0.4) is 0 Å². The third-order valence-electron chi connectivity index (χ3n) is 5.90. The largest absolute Gasteiger partial charge is 0.301 e. The molecule has 0 aliphatic carbocycles. The van der Waals surface area contributed by atoms with Gasteiger partial charge in [-0.2, -0.15) is 0 Å². The van der Waals surface area contributed by atoms with E-state index in [9.17, 15) is 0 Å². The van der Waals surface area contributed by atoms with Crippen LogP contribution in [0, 0.1) is 0 Å². The van der Waals surface area contributed by atoms with Crippen LogP contribution in [0.2, 0.25) is 0 Å². The predicted octanol–water partition coefficient (Wildman–Crippen LogP) is 4.78. The summed E-state index contributed by atoms with van der Waals surface area (Å²) in [4.78, 5) is 5.53. The molecule has 3 heteroatoms. The van der Waals surface area contributed by atoms with Gasteiger partial charge in [0.05, 0.1) is 0 Å². The Balaban J connectivity index is 1.34. The van der Waals surface area contributed by atoms with Crippen molar-refractivity contribution < 1.29 is 0 Å². The van der Waals surface area contributed by atoms with Gasteiger partial charge in [0, 0.05) is 23.8 Å². The van der Waals surface area contributed by atoms with Gasteiger partial charge in [-0.3, -0.25) is 4.90 Å². The minimum absolute atomic E-state index is 0.816. The molecule has 2 aliphatic rings. The molecule has 2 nitrogen and oxygen atoms in total. The molecule has 0 amide bonds. The summed E-state index contributed by atoms with van der Waals surface area (Å²) in [6.07, 6.45) is 9.71. The molecule has 2 saturated heterocycles. The molecule has 24 heavy (non-hydrogen) atoms. The van der Waals surface area contributed by atoms with Crippen molar-refractivity contribution in [2.45, 2.75) is 51.0 Å². The van der Waals surface area contributed by atoms with Gasteiger partial charge in [-0.25, -0.2) is 0 Å². The standard InChI is InChI=1S/C21H30N2S/c1-2-6-14-23(13-5-1)19-8-7-12-22(16-19)15-11-18-17-24-21-10-4-3-9-20(18)21/h3-4,9-10,17,19H,1-2,5-8,11-16H2. The molecule has 3 heterocycles. The zero-order chi connectivity index (χ0) is 16.2. The zero-order valence-electron chi connectivity index (χ0n) is 14.8. The third kappa shape index (κ3) is 3.84. The summed E-state index contributed by atoms with van der Waals surface area (Å²) >= 11 is 1.90. The summed E-state index contributed by atoms with van der Waals surface area (Å²) in [5.41, 5.74) is 1.55. The van der Waals surface area contributed by atoms with Gasteiger partial charge in [-0.1, -0.05) is 31.0 Å². The lowest BCUT2D eigenvalue weighted by molar-refractivity contribution is 0.101. The number of piperidine rings is 1. The van der Waals surface area contributed by atoms with Crippen LogP contribution in [0.25, 0.3) is 10.1 Å². The number of nitrogens with zero attached hydrogens (tertiary/aromatic N) is 2. The van der Waals surface area contributed by atoms with Crippen molar-refractivity contribution in [3.8, 4) is 0 Å². The minimum Gasteiger partial charge on any atom is -0.301 e. The van der Waals surface area contributed by atoms with Gasteiger partial charge in [0.2, 0.25) is 0 Å². The molecule has 4 rings (SSSR count). The van der Waals surface area contributed by atoms with Crippen molar-refractivity contribution in [3.63, 3.8) is 0 Å². The lowest BCUT2D eigenvalue weighted by Gasteiger charge is -2.39. The van der Waals surface area contributed by atoms with Gasteiger partial charge in [0.15, 0.2) is 0 Å². The van der Waals surface area contributed by atoms with E-state index in [-0.39, 0.29) is 0 Å². The fraction of sp³-hybridized carbons (Fsp3) is 0.619. The van der Waals surface area contributed by atoms with Crippen LogP contribution >= 0.6 is 11.3 Å². The maximum absolute atomic E-state index is 2.80. The number of hydrogen-bond acceptors (Lipinski definition) is 3. The average molecular weight is 343 g/mol. The van der Waals surface area contributed by atoms with E-state index in [0.717, 1.165) is 6.04 Å². The van der Waals surface area contributed by atoms with Crippen molar-refractivity contribution in [1.29, 1.82) is 0 Å². The number of rotatable bonds is 4. The summed E-state index contributed by atoms with van der Waals surface area (Å²) in [6.45, 7) is 6.50. The van der Waals surface area contributed by atoms with Gasteiger partial charge in [-0.05, 0) is 74.1 Å². The van der Waals surface area contributed by atoms with Crippen LogP contribution in [-0.2, 0) is 6.42 Å². The molecule has 1 aromatic heterocycles. The predicted molar refractivity (Wildman–Crippen MR) is 105 cm³/mol. The number of benzene rings is 1. The SMILES string of the molecule is c1ccc2c(CCN3CCCC(N4CCCCCC4)C3)csc2c1. The lowest BCUT2D eigenvalue weighted by atomic mass is 10.0. The van der Waals surface area contributed by atoms with Gasteiger partial charge >= 0.3 is 0 Å². The second-order valence-electron chi connectivity index (χ2n) is 7.55. The number of likely N-dealkylation sites (tertiary alicyclic amines) is 2. The summed E-state index contributed by atoms with van der Waals surface area (Å²) in [7, 11) is 0. The van der Waals surface area contributed by atoms with E-state index in [2.05, 4.69) is 39.4 Å². The summed E-state index contributed by atoms with van der Waals surface area (Å²) in [5, 5.41) is 3.85. The first-order valence-electron chi connectivity index (χ1n) is 9.82. The van der Waals surface area contributed by atoms with Crippen molar-refractivity contribution in [2.24, 2.45) is 0 Å². The van der Waals surface area contributed by atoms with E-state index in [4.69, 9.17) is 0 Å². The van der Waals surface area contributed by atoms with E-state index in [1.165, 1.54) is 87.8 Å². The molecule has 0 bridgehead atoms. The summed E-state index contributed by atoms with van der Waals surface area (Å²) < 4.78 is 1.44. The molecule has 0 spiro atoms. The molecular formula is C21H30N2S. The fourth-order valence-electron chi connectivity index (χ4n) is 4.50. The second-order valence-corrected chi connectivity index (χ2v) is 8.47. The van der Waals surface area contributed by atoms with Crippen molar-refractivity contribution in [1.82, 2.24) is 9.80 Å². The highest BCUT2D eigenvalue weighted by molar-refractivity contribution is 7.17. The Kier molecular flexibility index (Phi) is 5.51. The molecular weight excluding hydrogens is 312 g/mol. The molecule has 2 fully saturated rings. The Bertz CT molecular complexity index is 642. The van der Waals surface area contributed by atoms with Crippen molar-refractivity contribution in [2.75, 3.05) is 32.7 Å². The Morgan fingerprint density at radius 2 is 1.79 bits per heavy atom. The van der Waals surface area contributed by atoms with Gasteiger partial charge in [0.1, 0.15) is 0 Å². The molecule has 2 aliphatic heterocycles. The first-order valence-corrected chi connectivity index (χ1v) is 10.7. The van der Waals surface area contributed by atoms with Crippen LogP contribution in [0.15, 0.2) is 29.6 Å². The van der Waals surface area contributed by atoms with E-state index in [1.54, 1.807) is 5.56 Å². The molecule has 130 valence electrons. The number of thiophene rings is 1. The van der Waals surface area contributed by atoms with Crippen LogP contribution < -0.4 is 0 Å². The van der Waals surface area contributed by atoms with Gasteiger partial charge in [-0.15, -0.1) is 11.3 Å². The van der Waals surface area contributed by atoms with Crippen LogP contribution in [0.5, 0.6) is 0 Å². The Morgan fingerprint density at radius 1 is 0.958 bits per heavy atom. The molecule has 1 aromatic carbocycles. The smallest absolute Gasteiger partial charge is 0.0345 e. The van der Waals surface area contributed by atoms with Gasteiger partial charge < -0.3 is 4.90 Å². The Labute approximate surface area is 150 Å². The molecule has 0 saturated carbocycles. The topological polar surface area (TPSA) is 6.48 Å². The Hall–Kier alpha value is -0.900. The van der Waals surface area contributed by atoms with Crippen molar-refractivity contribution in [3.05, 3.63) is 35.2 Å². The quantitative estimate of drug-likeness (QED) is 0.788. The number of hydrogen-bond donors (Lipinski definition) is 0.